The summed E-state index contributed by atoms with van der Waals surface area (Å²) in [5, 5.41) is 11.8. The Morgan fingerprint density at radius 2 is 1.96 bits per heavy atom. The minimum Gasteiger partial charge on any atom is -0.367 e. The van der Waals surface area contributed by atoms with E-state index in [1.54, 1.807) is 34.9 Å². The van der Waals surface area contributed by atoms with E-state index >= 15 is 0 Å². The third-order valence-electron chi connectivity index (χ3n) is 3.94. The van der Waals surface area contributed by atoms with Crippen LogP contribution < -0.4 is 0 Å². The van der Waals surface area contributed by atoms with Crippen LogP contribution in [0.5, 0.6) is 0 Å². The zero-order valence-corrected chi connectivity index (χ0v) is 17.3. The van der Waals surface area contributed by atoms with Crippen molar-refractivity contribution in [2.45, 2.75) is 19.3 Å². The van der Waals surface area contributed by atoms with Crippen molar-refractivity contribution in [1.29, 1.82) is 0 Å². The second-order valence-corrected chi connectivity index (χ2v) is 7.42. The lowest BCUT2D eigenvalue weighted by Crippen LogP contribution is -2.13. The molecule has 0 spiro atoms. The smallest absolute Gasteiger partial charge is 0.367 e. The molecule has 0 aliphatic carbocycles. The van der Waals surface area contributed by atoms with Crippen molar-refractivity contribution in [3.8, 4) is 0 Å². The molecule has 0 amide bonds. The Morgan fingerprint density at radius 1 is 1.25 bits per heavy atom. The molecular formula is C18H13BrCl2FN3O3. The lowest BCUT2D eigenvalue weighted by atomic mass is 10.1. The highest BCUT2D eigenvalue weighted by Crippen LogP contribution is 2.31. The van der Waals surface area contributed by atoms with Gasteiger partial charge in [0.2, 0.25) is 0 Å². The van der Waals surface area contributed by atoms with Crippen molar-refractivity contribution in [1.82, 2.24) is 9.55 Å². The number of halogens is 4. The predicted molar refractivity (Wildman–Crippen MR) is 107 cm³/mol. The third-order valence-corrected chi connectivity index (χ3v) is 5.13. The molecule has 0 aliphatic rings. The second-order valence-electron chi connectivity index (χ2n) is 5.87. The average Bonchev–Trinajstić information content (AvgIpc) is 3.01. The van der Waals surface area contributed by atoms with Gasteiger partial charge < -0.3 is 14.9 Å². The number of hydrogen-bond donors (Lipinski definition) is 0. The molecular weight excluding hydrogens is 476 g/mol. The summed E-state index contributed by atoms with van der Waals surface area (Å²) in [7, 11) is 0. The van der Waals surface area contributed by atoms with Gasteiger partial charge in [-0.3, -0.25) is 4.57 Å². The van der Waals surface area contributed by atoms with Crippen molar-refractivity contribution in [2.24, 2.45) is 0 Å². The Balaban J connectivity index is 1.87. The summed E-state index contributed by atoms with van der Waals surface area (Å²) in [6.07, 6.45) is 0.752. The topological polar surface area (TPSA) is 70.2 Å². The molecule has 0 N–H and O–H groups in total. The molecule has 3 aromatic rings. The maximum atomic E-state index is 13.1. The van der Waals surface area contributed by atoms with Gasteiger partial charge in [-0.05, 0) is 39.7 Å². The fourth-order valence-electron chi connectivity index (χ4n) is 2.56. The molecule has 2 aromatic carbocycles. The first-order valence-electron chi connectivity index (χ1n) is 8.01. The molecule has 28 heavy (non-hydrogen) atoms. The summed E-state index contributed by atoms with van der Waals surface area (Å²) in [6.45, 7) is 0.405. The van der Waals surface area contributed by atoms with Crippen LogP contribution in [0.3, 0.4) is 0 Å². The van der Waals surface area contributed by atoms with Crippen molar-refractivity contribution < 1.29 is 14.1 Å². The number of ether oxygens (including phenoxy) is 1. The molecule has 0 radical (unpaired) electrons. The summed E-state index contributed by atoms with van der Waals surface area (Å²) >= 11 is 15.5. The highest BCUT2D eigenvalue weighted by atomic mass is 79.9. The zero-order chi connectivity index (χ0) is 20.3. The average molecular weight is 489 g/mol. The summed E-state index contributed by atoms with van der Waals surface area (Å²) in [6, 6.07) is 10.9. The van der Waals surface area contributed by atoms with Crippen molar-refractivity contribution in [3.05, 3.63) is 90.5 Å². The first-order chi connectivity index (χ1) is 13.3. The maximum Gasteiger partial charge on any atom is 0.382 e. The molecule has 1 atom stereocenters. The summed E-state index contributed by atoms with van der Waals surface area (Å²) in [5.74, 6) is -0.623. The third kappa shape index (κ3) is 5.08. The van der Waals surface area contributed by atoms with Crippen LogP contribution in [0.4, 0.5) is 10.2 Å². The van der Waals surface area contributed by atoms with Gasteiger partial charge in [-0.1, -0.05) is 41.4 Å². The van der Waals surface area contributed by atoms with E-state index in [9.17, 15) is 14.5 Å². The van der Waals surface area contributed by atoms with Gasteiger partial charge in [0.25, 0.3) is 4.73 Å². The number of imidazole rings is 1. The molecule has 1 aromatic heterocycles. The predicted octanol–water partition coefficient (Wildman–Crippen LogP) is 5.96. The van der Waals surface area contributed by atoms with Crippen molar-refractivity contribution in [3.63, 3.8) is 0 Å². The Labute approximate surface area is 178 Å². The Kier molecular flexibility index (Phi) is 6.66. The standard InChI is InChI=1S/C18H13BrCl2FN3O3/c19-18-23-17(25(26)27)9-24(18)8-16(14-6-3-12(20)7-15(14)21)28-10-11-1-4-13(22)5-2-11/h1-7,9,16H,8,10H2. The summed E-state index contributed by atoms with van der Waals surface area (Å²) in [5.41, 5.74) is 1.43. The monoisotopic (exact) mass is 487 g/mol. The van der Waals surface area contributed by atoms with E-state index < -0.39 is 11.0 Å². The summed E-state index contributed by atoms with van der Waals surface area (Å²) < 4.78 is 21.0. The zero-order valence-electron chi connectivity index (χ0n) is 14.2. The van der Waals surface area contributed by atoms with Crippen LogP contribution in [-0.4, -0.2) is 14.5 Å². The van der Waals surface area contributed by atoms with Gasteiger partial charge in [0.1, 0.15) is 18.1 Å². The van der Waals surface area contributed by atoms with Gasteiger partial charge in [0, 0.05) is 31.5 Å². The Morgan fingerprint density at radius 3 is 2.57 bits per heavy atom. The van der Waals surface area contributed by atoms with Crippen LogP contribution in [0.1, 0.15) is 17.2 Å². The first-order valence-corrected chi connectivity index (χ1v) is 9.56. The van der Waals surface area contributed by atoms with Crippen LogP contribution >= 0.6 is 39.1 Å². The van der Waals surface area contributed by atoms with Crippen LogP contribution in [-0.2, 0) is 17.9 Å². The van der Waals surface area contributed by atoms with E-state index in [2.05, 4.69) is 20.9 Å². The Hall–Kier alpha value is -2.00. The fraction of sp³-hybridized carbons (Fsp3) is 0.167. The highest BCUT2D eigenvalue weighted by molar-refractivity contribution is 9.10. The van der Waals surface area contributed by atoms with Crippen molar-refractivity contribution in [2.75, 3.05) is 0 Å². The van der Waals surface area contributed by atoms with Crippen LogP contribution in [0.15, 0.2) is 53.4 Å². The van der Waals surface area contributed by atoms with Crippen molar-refractivity contribution >= 4 is 44.9 Å². The number of nitrogens with zero attached hydrogens (tertiary/aromatic N) is 3. The molecule has 0 bridgehead atoms. The van der Waals surface area contributed by atoms with E-state index in [1.807, 2.05) is 0 Å². The Bertz CT molecular complexity index is 998. The molecule has 6 nitrogen and oxygen atoms in total. The fourth-order valence-corrected chi connectivity index (χ4v) is 3.51. The second kappa shape index (κ2) is 9.00. The van der Waals surface area contributed by atoms with E-state index in [1.165, 1.54) is 18.3 Å². The quantitative estimate of drug-likeness (QED) is 0.304. The van der Waals surface area contributed by atoms with Crippen LogP contribution in [0.25, 0.3) is 0 Å². The van der Waals surface area contributed by atoms with E-state index in [0.29, 0.717) is 20.3 Å². The lowest BCUT2D eigenvalue weighted by molar-refractivity contribution is -0.389. The van der Waals surface area contributed by atoms with E-state index in [0.717, 1.165) is 5.56 Å². The molecule has 0 saturated carbocycles. The van der Waals surface area contributed by atoms with Gasteiger partial charge in [-0.15, -0.1) is 0 Å². The molecule has 0 saturated heterocycles. The number of nitro groups is 1. The number of hydrogen-bond acceptors (Lipinski definition) is 4. The SMILES string of the molecule is O=[N+]([O-])c1cn(CC(OCc2ccc(F)cc2)c2ccc(Cl)cc2Cl)c(Br)n1. The van der Waals surface area contributed by atoms with Gasteiger partial charge in [-0.25, -0.2) is 4.39 Å². The molecule has 0 fully saturated rings. The largest absolute Gasteiger partial charge is 0.382 e. The minimum atomic E-state index is -0.578. The molecule has 146 valence electrons. The van der Waals surface area contributed by atoms with Crippen LogP contribution in [0, 0.1) is 15.9 Å². The van der Waals surface area contributed by atoms with E-state index in [-0.39, 0.29) is 24.8 Å². The maximum absolute atomic E-state index is 13.1. The van der Waals surface area contributed by atoms with E-state index in [4.69, 9.17) is 27.9 Å². The van der Waals surface area contributed by atoms with Gasteiger partial charge in [0.15, 0.2) is 0 Å². The number of aromatic nitrogens is 2. The normalized spacial score (nSPS) is 12.1. The molecule has 0 aliphatic heterocycles. The molecule has 10 heteroatoms. The molecule has 1 heterocycles. The molecule has 3 rings (SSSR count). The lowest BCUT2D eigenvalue weighted by Gasteiger charge is -2.20. The van der Waals surface area contributed by atoms with Gasteiger partial charge in [0.05, 0.1) is 13.2 Å². The molecule has 1 unspecified atom stereocenters. The first kappa shape index (κ1) is 20.7. The minimum absolute atomic E-state index is 0.193. The van der Waals surface area contributed by atoms with Crippen LogP contribution in [0.2, 0.25) is 10.0 Å². The number of rotatable bonds is 7. The number of benzene rings is 2. The highest BCUT2D eigenvalue weighted by Gasteiger charge is 2.22. The van der Waals surface area contributed by atoms with Gasteiger partial charge in [-0.2, -0.15) is 0 Å². The van der Waals surface area contributed by atoms with Gasteiger partial charge >= 0.3 is 5.82 Å². The summed E-state index contributed by atoms with van der Waals surface area (Å²) in [4.78, 5) is 14.2.